The van der Waals surface area contributed by atoms with Crippen LogP contribution in [0, 0.1) is 11.7 Å². The molecule has 44 heavy (non-hydrogen) atoms. The fourth-order valence-electron chi connectivity index (χ4n) is 6.28. The average molecular weight is 710 g/mol. The molecule has 0 fully saturated rings. The minimum Gasteiger partial charge on any atom is -0.451 e. The molecule has 0 radical (unpaired) electrons. The molecule has 3 heterocycles. The van der Waals surface area contributed by atoms with Crippen molar-refractivity contribution in [2.75, 3.05) is 25.0 Å². The Balaban J connectivity index is 1.25. The molecule has 1 amide bonds. The molecule has 3 aliphatic rings. The number of rotatable bonds is 9. The van der Waals surface area contributed by atoms with Crippen LogP contribution in [0.15, 0.2) is 65.1 Å². The zero-order valence-electron chi connectivity index (χ0n) is 24.0. The highest BCUT2D eigenvalue weighted by Crippen LogP contribution is 2.46. The van der Waals surface area contributed by atoms with Crippen LogP contribution in [-0.4, -0.2) is 54.4 Å². The van der Waals surface area contributed by atoms with E-state index in [1.54, 1.807) is 10.1 Å². The molecule has 7 rings (SSSR count). The van der Waals surface area contributed by atoms with Crippen LogP contribution < -0.4 is 20.8 Å². The van der Waals surface area contributed by atoms with Gasteiger partial charge in [0.15, 0.2) is 17.3 Å². The maximum absolute atomic E-state index is 15.6. The van der Waals surface area contributed by atoms with Crippen molar-refractivity contribution in [2.45, 2.75) is 42.1 Å². The predicted octanol–water partition coefficient (Wildman–Crippen LogP) is 5.55. The van der Waals surface area contributed by atoms with Gasteiger partial charge in [-0.2, -0.15) is 0 Å². The van der Waals surface area contributed by atoms with Gasteiger partial charge in [0.2, 0.25) is 5.43 Å². The summed E-state index contributed by atoms with van der Waals surface area (Å²) in [6, 6.07) is 12.6. The molecule has 2 aliphatic heterocycles. The van der Waals surface area contributed by atoms with E-state index in [-0.39, 0.29) is 49.7 Å². The number of amides is 1. The molecular formula is C34H33FIN3O5. The van der Waals surface area contributed by atoms with Gasteiger partial charge in [0, 0.05) is 19.3 Å². The number of benzene rings is 3. The van der Waals surface area contributed by atoms with Crippen LogP contribution in [0.25, 0.3) is 27.4 Å². The van der Waals surface area contributed by atoms with Crippen molar-refractivity contribution in [1.29, 1.82) is 0 Å². The highest BCUT2D eigenvalue weighted by molar-refractivity contribution is 14.2. The van der Waals surface area contributed by atoms with Crippen LogP contribution >= 0.6 is 20.7 Å². The maximum Gasteiger partial charge on any atom is 0.256 e. The third-order valence-electron chi connectivity index (χ3n) is 8.66. The second-order valence-electron chi connectivity index (χ2n) is 11.7. The Morgan fingerprint density at radius 2 is 2.00 bits per heavy atom. The van der Waals surface area contributed by atoms with Gasteiger partial charge < -0.3 is 30.2 Å². The number of nitrogens with one attached hydrogen (secondary N) is 2. The predicted molar refractivity (Wildman–Crippen MR) is 180 cm³/mol. The number of allylic oxidation sites excluding steroid dienone is 2. The van der Waals surface area contributed by atoms with Crippen LogP contribution in [0.1, 0.15) is 42.5 Å². The highest BCUT2D eigenvalue weighted by Gasteiger charge is 2.29. The summed E-state index contributed by atoms with van der Waals surface area (Å²) in [4.78, 5) is 27.3. The molecule has 0 saturated heterocycles. The van der Waals surface area contributed by atoms with E-state index in [0.29, 0.717) is 29.4 Å². The van der Waals surface area contributed by atoms with Crippen LogP contribution in [-0.2, 0) is 0 Å². The average Bonchev–Trinajstić information content (AvgIpc) is 3.89. The maximum atomic E-state index is 15.6. The van der Waals surface area contributed by atoms with Crippen molar-refractivity contribution in [2.24, 2.45) is 5.92 Å². The Morgan fingerprint density at radius 3 is 2.77 bits per heavy atom. The van der Waals surface area contributed by atoms with Crippen LogP contribution in [0.4, 0.5) is 10.1 Å². The minimum atomic E-state index is -1.13. The lowest BCUT2D eigenvalue weighted by Gasteiger charge is -2.27. The second kappa shape index (κ2) is 12.1. The van der Waals surface area contributed by atoms with Gasteiger partial charge in [-0.3, -0.25) is 9.59 Å². The number of hydrogen-bond donors (Lipinski definition) is 4. The normalized spacial score (nSPS) is 19.3. The van der Waals surface area contributed by atoms with E-state index in [2.05, 4.69) is 20.7 Å². The van der Waals surface area contributed by atoms with Gasteiger partial charge in [-0.15, -0.1) is 20.7 Å². The molecule has 3 atom stereocenters. The van der Waals surface area contributed by atoms with Crippen molar-refractivity contribution >= 4 is 58.0 Å². The van der Waals surface area contributed by atoms with Gasteiger partial charge in [0.25, 0.3) is 5.91 Å². The number of nitrogens with zero attached hydrogens (tertiary/aromatic N) is 1. The molecule has 4 aromatic rings. The van der Waals surface area contributed by atoms with Crippen molar-refractivity contribution in [3.8, 4) is 17.2 Å². The summed E-state index contributed by atoms with van der Waals surface area (Å²) in [5.41, 5.74) is 1.80. The first-order valence-corrected chi connectivity index (χ1v) is 17.5. The minimum absolute atomic E-state index is 0.0137. The van der Waals surface area contributed by atoms with Gasteiger partial charge in [0.1, 0.15) is 16.8 Å². The molecule has 4 N–H and O–H groups in total. The van der Waals surface area contributed by atoms with Gasteiger partial charge in [-0.05, 0) is 71.0 Å². The number of aliphatic hydroxyl groups excluding tert-OH is 2. The molecule has 0 saturated carbocycles. The van der Waals surface area contributed by atoms with E-state index >= 15 is 4.39 Å². The number of carbonyl (C=O) groups excluding carboxylic acids is 1. The number of anilines is 1. The molecule has 3 aromatic carbocycles. The number of aliphatic hydroxyl groups is 2. The van der Waals surface area contributed by atoms with E-state index in [1.807, 2.05) is 36.4 Å². The number of pyridine rings is 1. The number of ether oxygens (including phenoxy) is 1. The van der Waals surface area contributed by atoms with Crippen LogP contribution in [0.3, 0.4) is 0 Å². The summed E-state index contributed by atoms with van der Waals surface area (Å²) >= 11 is 0.240. The lowest BCUT2D eigenvalue weighted by atomic mass is 9.93. The lowest BCUT2D eigenvalue weighted by Crippen LogP contribution is -2.32. The quantitative estimate of drug-likeness (QED) is 0.0909. The molecule has 228 valence electrons. The summed E-state index contributed by atoms with van der Waals surface area (Å²) in [5.74, 6) is -0.253. The first kappa shape index (κ1) is 29.1. The fraction of sp³-hybridized carbons (Fsp3) is 0.324. The first-order valence-electron chi connectivity index (χ1n) is 15.0. The summed E-state index contributed by atoms with van der Waals surface area (Å²) in [6.45, 7) is -0.184. The zero-order chi connectivity index (χ0) is 30.4. The molecule has 8 nitrogen and oxygen atoms in total. The number of aromatic nitrogens is 1. The molecule has 1 aromatic heterocycles. The number of fused-ring (bicyclic) bond motifs is 3. The van der Waals surface area contributed by atoms with Crippen molar-refractivity contribution < 1.29 is 24.1 Å². The van der Waals surface area contributed by atoms with E-state index in [1.165, 1.54) is 6.20 Å². The Kier molecular flexibility index (Phi) is 7.98. The molecule has 3 unspecified atom stereocenters. The molecule has 0 spiro atoms. The summed E-state index contributed by atoms with van der Waals surface area (Å²) in [5, 5.41) is 26.8. The highest BCUT2D eigenvalue weighted by atomic mass is 127. The standard InChI is InChI=1S/C34H33FIN3O5/c35-26-14-24-31-33(30(26)38-16-23(41)18-40)44-29-13-21-7-4-3-6-20(21)12-28(29)39(31)17-25(32(24)42)34(43)37-10-9-19-5-1-2-8-22(11-19)27-15-36-27/h3-4,6-8,12-15,17,19,23,27,38,40-41H,1-2,5,9-11,16,18H2,(H,37,43). The topological polar surface area (TPSA) is 113 Å². The lowest BCUT2D eigenvalue weighted by molar-refractivity contribution is 0.0949. The fourth-order valence-corrected chi connectivity index (χ4v) is 7.92. The van der Waals surface area contributed by atoms with Gasteiger partial charge in [-0.25, -0.2) is 4.39 Å². The van der Waals surface area contributed by atoms with E-state index in [9.17, 15) is 19.8 Å². The van der Waals surface area contributed by atoms with Crippen LogP contribution in [0.2, 0.25) is 0 Å². The van der Waals surface area contributed by atoms with Crippen molar-refractivity contribution in [1.82, 2.24) is 9.88 Å². The zero-order valence-corrected chi connectivity index (χ0v) is 26.1. The number of hydrogen-bond acceptors (Lipinski definition) is 6. The molecule has 10 heteroatoms. The third kappa shape index (κ3) is 5.54. The van der Waals surface area contributed by atoms with E-state index < -0.39 is 29.9 Å². The van der Waals surface area contributed by atoms with Gasteiger partial charge in [-0.1, -0.05) is 35.9 Å². The summed E-state index contributed by atoms with van der Waals surface area (Å²) < 4.78 is 26.8. The summed E-state index contributed by atoms with van der Waals surface area (Å²) in [7, 11) is 0. The Morgan fingerprint density at radius 1 is 1.20 bits per heavy atom. The number of alkyl halides is 1. The van der Waals surface area contributed by atoms with E-state index in [0.717, 1.165) is 52.9 Å². The largest absolute Gasteiger partial charge is 0.451 e. The summed E-state index contributed by atoms with van der Waals surface area (Å²) in [6.07, 6.45) is 8.14. The number of carbonyl (C=O) groups is 1. The Bertz CT molecular complexity index is 1910. The van der Waals surface area contributed by atoms with Crippen molar-refractivity contribution in [3.05, 3.63) is 81.9 Å². The van der Waals surface area contributed by atoms with Crippen molar-refractivity contribution in [3.63, 3.8) is 0 Å². The Hall–Kier alpha value is -3.61. The second-order valence-corrected chi connectivity index (χ2v) is 14.4. The monoisotopic (exact) mass is 709 g/mol. The Labute approximate surface area is 263 Å². The molecule has 0 bridgehead atoms. The third-order valence-corrected chi connectivity index (χ3v) is 10.9. The first-order chi connectivity index (χ1) is 21.4. The van der Waals surface area contributed by atoms with Crippen LogP contribution in [0.5, 0.6) is 11.5 Å². The van der Waals surface area contributed by atoms with E-state index in [4.69, 9.17) is 4.74 Å². The molecular weight excluding hydrogens is 676 g/mol. The SMILES string of the molecule is O=C(NCCC1CCCC=C(C2C=I2)C1)c1cn2c3c(c(NCC(O)CO)c(F)cc3c1=O)Oc1cc3ccccc3cc1-2. The van der Waals surface area contributed by atoms with Gasteiger partial charge in [0.05, 0.1) is 27.7 Å². The smallest absolute Gasteiger partial charge is 0.256 e. The number of halogens is 2. The molecule has 1 aliphatic carbocycles. The van der Waals surface area contributed by atoms with Gasteiger partial charge >= 0.3 is 0 Å².